The average Bonchev–Trinajstić information content (AvgIpc) is 2.63. The normalized spacial score (nSPS) is 10.3. The van der Waals surface area contributed by atoms with Crippen molar-refractivity contribution >= 4 is 33.2 Å². The first kappa shape index (κ1) is 16.7. The third kappa shape index (κ3) is 3.86. The van der Waals surface area contributed by atoms with Crippen molar-refractivity contribution in [2.24, 2.45) is 0 Å². The quantitative estimate of drug-likeness (QED) is 0.527. The molecule has 0 saturated heterocycles. The number of rotatable bonds is 4. The van der Waals surface area contributed by atoms with Crippen LogP contribution in [-0.2, 0) is 0 Å². The van der Waals surface area contributed by atoms with E-state index in [9.17, 15) is 14.9 Å². The number of nitro benzene ring substituents is 1. The van der Waals surface area contributed by atoms with Crippen molar-refractivity contribution in [3.8, 4) is 11.4 Å². The Kier molecular flexibility index (Phi) is 4.80. The number of nitrogens with zero attached hydrogens (tertiary/aromatic N) is 3. The van der Waals surface area contributed by atoms with Crippen molar-refractivity contribution in [1.82, 2.24) is 9.97 Å². The summed E-state index contributed by atoms with van der Waals surface area (Å²) in [6.45, 7) is 0. The Bertz CT molecular complexity index is 930. The van der Waals surface area contributed by atoms with E-state index in [1.165, 1.54) is 30.6 Å². The highest BCUT2D eigenvalue weighted by Gasteiger charge is 2.16. The van der Waals surface area contributed by atoms with Gasteiger partial charge in [0.25, 0.3) is 11.6 Å². The lowest BCUT2D eigenvalue weighted by molar-refractivity contribution is -0.385. The van der Waals surface area contributed by atoms with Crippen LogP contribution in [0.15, 0.2) is 65.4 Å². The minimum absolute atomic E-state index is 0.169. The topological polar surface area (TPSA) is 98.0 Å². The lowest BCUT2D eigenvalue weighted by Gasteiger charge is -2.06. The molecule has 1 heterocycles. The summed E-state index contributed by atoms with van der Waals surface area (Å²) >= 11 is 3.08. The smallest absolute Gasteiger partial charge is 0.284 e. The third-order valence-corrected chi connectivity index (χ3v) is 4.02. The molecular weight excluding hydrogens is 388 g/mol. The number of aromatic nitrogens is 2. The van der Waals surface area contributed by atoms with Crippen molar-refractivity contribution in [2.45, 2.75) is 0 Å². The average molecular weight is 399 g/mol. The minimum atomic E-state index is -0.557. The summed E-state index contributed by atoms with van der Waals surface area (Å²) in [6.07, 6.45) is 2.97. The van der Waals surface area contributed by atoms with E-state index in [2.05, 4.69) is 31.2 Å². The predicted molar refractivity (Wildman–Crippen MR) is 96.2 cm³/mol. The molecule has 0 aliphatic carbocycles. The molecule has 0 unspecified atom stereocenters. The van der Waals surface area contributed by atoms with Gasteiger partial charge in [-0.25, -0.2) is 9.97 Å². The highest BCUT2D eigenvalue weighted by molar-refractivity contribution is 9.10. The highest BCUT2D eigenvalue weighted by atomic mass is 79.9. The van der Waals surface area contributed by atoms with Gasteiger partial charge >= 0.3 is 0 Å². The van der Waals surface area contributed by atoms with Crippen molar-refractivity contribution in [2.75, 3.05) is 5.32 Å². The maximum absolute atomic E-state index is 12.3. The first-order chi connectivity index (χ1) is 12.0. The van der Waals surface area contributed by atoms with E-state index in [4.69, 9.17) is 0 Å². The van der Waals surface area contributed by atoms with Gasteiger partial charge in [0.15, 0.2) is 5.82 Å². The summed E-state index contributed by atoms with van der Waals surface area (Å²) in [7, 11) is 0. The molecule has 25 heavy (non-hydrogen) atoms. The molecule has 1 N–H and O–H groups in total. The number of hydrogen-bond acceptors (Lipinski definition) is 5. The fraction of sp³-hybridized carbons (Fsp3) is 0. The van der Waals surface area contributed by atoms with Crippen LogP contribution < -0.4 is 5.32 Å². The number of amides is 1. The van der Waals surface area contributed by atoms with E-state index in [1.54, 1.807) is 0 Å². The van der Waals surface area contributed by atoms with E-state index < -0.39 is 10.8 Å². The van der Waals surface area contributed by atoms with Gasteiger partial charge in [0.2, 0.25) is 0 Å². The number of nitrogens with one attached hydrogen (secondary N) is 1. The SMILES string of the molecule is O=C(Nc1cnc(-c2ccccc2)nc1)c1ccc(Br)c([N+](=O)[O-])c1. The zero-order valence-corrected chi connectivity index (χ0v) is 14.3. The van der Waals surface area contributed by atoms with Gasteiger partial charge in [-0.15, -0.1) is 0 Å². The molecule has 8 heteroatoms. The molecule has 3 aromatic rings. The second kappa shape index (κ2) is 7.18. The molecule has 7 nitrogen and oxygen atoms in total. The van der Waals surface area contributed by atoms with Crippen LogP contribution >= 0.6 is 15.9 Å². The molecule has 124 valence electrons. The second-order valence-corrected chi connectivity index (χ2v) is 5.89. The van der Waals surface area contributed by atoms with Crippen LogP contribution in [-0.4, -0.2) is 20.8 Å². The molecule has 0 aliphatic rings. The lowest BCUT2D eigenvalue weighted by atomic mass is 10.2. The number of carbonyl (C=O) groups is 1. The molecule has 0 radical (unpaired) electrons. The Labute approximate surface area is 151 Å². The Balaban J connectivity index is 1.77. The number of halogens is 1. The van der Waals surface area contributed by atoms with Crippen LogP contribution in [0.5, 0.6) is 0 Å². The van der Waals surface area contributed by atoms with Crippen LogP contribution in [0.1, 0.15) is 10.4 Å². The van der Waals surface area contributed by atoms with E-state index in [0.717, 1.165) is 5.56 Å². The van der Waals surface area contributed by atoms with E-state index in [-0.39, 0.29) is 11.3 Å². The van der Waals surface area contributed by atoms with Crippen molar-refractivity contribution < 1.29 is 9.72 Å². The summed E-state index contributed by atoms with van der Waals surface area (Å²) in [4.78, 5) is 31.1. The minimum Gasteiger partial charge on any atom is -0.319 e. The fourth-order valence-corrected chi connectivity index (χ4v) is 2.52. The summed E-state index contributed by atoms with van der Waals surface area (Å²) in [5, 5.41) is 13.6. The summed E-state index contributed by atoms with van der Waals surface area (Å²) in [5.74, 6) is 0.0598. The number of carbonyl (C=O) groups excluding carboxylic acids is 1. The molecular formula is C17H11BrN4O3. The van der Waals surface area contributed by atoms with Crippen LogP contribution in [0.4, 0.5) is 11.4 Å². The highest BCUT2D eigenvalue weighted by Crippen LogP contribution is 2.26. The van der Waals surface area contributed by atoms with Gasteiger partial charge < -0.3 is 5.32 Å². The molecule has 1 aromatic heterocycles. The molecule has 0 spiro atoms. The predicted octanol–water partition coefficient (Wildman–Crippen LogP) is 4.07. The number of nitro groups is 1. The lowest BCUT2D eigenvalue weighted by Crippen LogP contribution is -2.12. The standard InChI is InChI=1S/C17H11BrN4O3/c18-14-7-6-12(8-15(14)22(24)25)17(23)21-13-9-19-16(20-10-13)11-4-2-1-3-5-11/h1-10H,(H,21,23). The summed E-state index contributed by atoms with van der Waals surface area (Å²) < 4.78 is 0.310. The second-order valence-electron chi connectivity index (χ2n) is 5.04. The van der Waals surface area contributed by atoms with Crippen LogP contribution in [0.3, 0.4) is 0 Å². The first-order valence-corrected chi connectivity index (χ1v) is 7.96. The number of anilines is 1. The maximum atomic E-state index is 12.3. The van der Waals surface area contributed by atoms with Gasteiger partial charge in [0.05, 0.1) is 27.5 Å². The Hall–Kier alpha value is -3.13. The summed E-state index contributed by atoms with van der Waals surface area (Å²) in [6, 6.07) is 13.6. The molecule has 3 rings (SSSR count). The monoisotopic (exact) mass is 398 g/mol. The van der Waals surface area contributed by atoms with Crippen LogP contribution in [0.2, 0.25) is 0 Å². The number of benzene rings is 2. The molecule has 0 bridgehead atoms. The largest absolute Gasteiger partial charge is 0.319 e. The molecule has 1 amide bonds. The van der Waals surface area contributed by atoms with Gasteiger partial charge in [-0.05, 0) is 28.1 Å². The van der Waals surface area contributed by atoms with Gasteiger partial charge in [-0.3, -0.25) is 14.9 Å². The van der Waals surface area contributed by atoms with E-state index >= 15 is 0 Å². The van der Waals surface area contributed by atoms with Crippen LogP contribution in [0.25, 0.3) is 11.4 Å². The van der Waals surface area contributed by atoms with Gasteiger partial charge in [-0.2, -0.15) is 0 Å². The van der Waals surface area contributed by atoms with E-state index in [0.29, 0.717) is 16.0 Å². The van der Waals surface area contributed by atoms with E-state index in [1.807, 2.05) is 30.3 Å². The zero-order valence-electron chi connectivity index (χ0n) is 12.7. The summed E-state index contributed by atoms with van der Waals surface area (Å²) in [5.41, 5.74) is 1.25. The number of hydrogen-bond donors (Lipinski definition) is 1. The zero-order chi connectivity index (χ0) is 17.8. The van der Waals surface area contributed by atoms with Crippen molar-refractivity contribution in [1.29, 1.82) is 0 Å². The van der Waals surface area contributed by atoms with Gasteiger partial charge in [-0.1, -0.05) is 30.3 Å². The third-order valence-electron chi connectivity index (χ3n) is 3.35. The van der Waals surface area contributed by atoms with Gasteiger partial charge in [0.1, 0.15) is 0 Å². The molecule has 0 atom stereocenters. The van der Waals surface area contributed by atoms with Crippen LogP contribution in [0, 0.1) is 10.1 Å². The van der Waals surface area contributed by atoms with Crippen molar-refractivity contribution in [3.05, 3.63) is 81.1 Å². The molecule has 2 aromatic carbocycles. The first-order valence-electron chi connectivity index (χ1n) is 7.17. The Morgan fingerprint density at radius 1 is 1.08 bits per heavy atom. The molecule has 0 saturated carbocycles. The Morgan fingerprint density at radius 2 is 1.76 bits per heavy atom. The Morgan fingerprint density at radius 3 is 2.40 bits per heavy atom. The molecule has 0 fully saturated rings. The maximum Gasteiger partial charge on any atom is 0.284 e. The fourth-order valence-electron chi connectivity index (χ4n) is 2.13. The molecule has 0 aliphatic heterocycles. The van der Waals surface area contributed by atoms with Crippen molar-refractivity contribution in [3.63, 3.8) is 0 Å². The van der Waals surface area contributed by atoms with Gasteiger partial charge in [0, 0.05) is 17.2 Å².